The van der Waals surface area contributed by atoms with Crippen LogP contribution in [0.4, 0.5) is 0 Å². The molecule has 0 spiro atoms. The highest BCUT2D eigenvalue weighted by atomic mass is 127. The van der Waals surface area contributed by atoms with Crippen molar-refractivity contribution in [2.24, 2.45) is 0 Å². The molecule has 112 valence electrons. The van der Waals surface area contributed by atoms with Gasteiger partial charge in [-0.05, 0) is 53.8 Å². The van der Waals surface area contributed by atoms with Crippen LogP contribution in [0.25, 0.3) is 0 Å². The summed E-state index contributed by atoms with van der Waals surface area (Å²) in [4.78, 5) is 12.9. The van der Waals surface area contributed by atoms with Crippen LogP contribution in [-0.2, 0) is 9.05 Å². The molecule has 2 aromatic rings. The molecule has 1 unspecified atom stereocenters. The van der Waals surface area contributed by atoms with Crippen LogP contribution in [0.5, 0.6) is 0 Å². The minimum Gasteiger partial charge on any atom is -0.345 e. The number of halogens is 2. The van der Waals surface area contributed by atoms with Crippen molar-refractivity contribution in [3.05, 3.63) is 50.4 Å². The minimum absolute atomic E-state index is 0.0783. The van der Waals surface area contributed by atoms with E-state index >= 15 is 0 Å². The van der Waals surface area contributed by atoms with Gasteiger partial charge in [-0.25, -0.2) is 8.42 Å². The van der Waals surface area contributed by atoms with Gasteiger partial charge in [0.2, 0.25) is 0 Å². The fraction of sp³-hybridized carbons (Fsp3) is 0.154. The lowest BCUT2D eigenvalue weighted by molar-refractivity contribution is 0.0939. The molecule has 8 heteroatoms. The molecule has 1 atom stereocenters. The summed E-state index contributed by atoms with van der Waals surface area (Å²) in [5.74, 6) is -0.198. The predicted molar refractivity (Wildman–Crippen MR) is 92.4 cm³/mol. The van der Waals surface area contributed by atoms with Crippen LogP contribution in [0.3, 0.4) is 0 Å². The van der Waals surface area contributed by atoms with E-state index in [0.29, 0.717) is 5.56 Å². The normalized spacial score (nSPS) is 12.9. The van der Waals surface area contributed by atoms with Gasteiger partial charge >= 0.3 is 0 Å². The average molecular weight is 456 g/mol. The summed E-state index contributed by atoms with van der Waals surface area (Å²) in [6.45, 7) is 1.80. The van der Waals surface area contributed by atoms with Gasteiger partial charge in [-0.3, -0.25) is 4.79 Å². The molecule has 0 aliphatic carbocycles. The van der Waals surface area contributed by atoms with Crippen LogP contribution in [0.15, 0.2) is 40.6 Å². The molecule has 4 nitrogen and oxygen atoms in total. The molecule has 1 amide bonds. The van der Waals surface area contributed by atoms with Gasteiger partial charge in [-0.1, -0.05) is 12.1 Å². The second kappa shape index (κ2) is 6.64. The Labute approximate surface area is 145 Å². The molecule has 0 bridgehead atoms. The first-order valence-corrected chi connectivity index (χ1v) is 10.1. The lowest BCUT2D eigenvalue weighted by atomic mass is 10.2. The summed E-state index contributed by atoms with van der Waals surface area (Å²) in [5.41, 5.74) is 0.590. The van der Waals surface area contributed by atoms with Crippen molar-refractivity contribution in [1.29, 1.82) is 0 Å². The molecular weight excluding hydrogens is 445 g/mol. The van der Waals surface area contributed by atoms with E-state index in [-0.39, 0.29) is 16.2 Å². The van der Waals surface area contributed by atoms with Gasteiger partial charge < -0.3 is 5.32 Å². The third-order valence-corrected chi connectivity index (χ3v) is 7.04. The number of benzene rings is 1. The molecule has 0 aliphatic heterocycles. The Kier molecular flexibility index (Phi) is 5.29. The fourth-order valence-corrected chi connectivity index (χ4v) is 4.42. The molecule has 0 aliphatic rings. The van der Waals surface area contributed by atoms with Crippen molar-refractivity contribution >= 4 is 59.6 Å². The molecule has 2 rings (SSSR count). The van der Waals surface area contributed by atoms with Gasteiger partial charge in [0, 0.05) is 19.1 Å². The number of thiophene rings is 1. The SMILES string of the molecule is CC(NC(=O)c1ccccc1I)c1ccc(S(=O)(=O)Cl)s1. The maximum Gasteiger partial charge on any atom is 0.270 e. The molecule has 21 heavy (non-hydrogen) atoms. The van der Waals surface area contributed by atoms with Crippen LogP contribution in [0.2, 0.25) is 0 Å². The molecular formula is C13H11ClINO3S2. The molecule has 0 saturated carbocycles. The second-order valence-corrected chi connectivity index (χ2v) is 9.34. The summed E-state index contributed by atoms with van der Waals surface area (Å²) in [5, 5.41) is 2.85. The third kappa shape index (κ3) is 4.18. The molecule has 0 radical (unpaired) electrons. The summed E-state index contributed by atoms with van der Waals surface area (Å²) in [6.07, 6.45) is 0. The standard InChI is InChI=1S/C13H11ClINO3S2/c1-8(11-6-7-12(20-11)21(14,18)19)16-13(17)9-4-2-3-5-10(9)15/h2-8H,1H3,(H,16,17). The first kappa shape index (κ1) is 16.7. The van der Waals surface area contributed by atoms with Crippen molar-refractivity contribution in [2.45, 2.75) is 17.2 Å². The molecule has 0 saturated heterocycles. The first-order chi connectivity index (χ1) is 9.79. The largest absolute Gasteiger partial charge is 0.345 e. The van der Waals surface area contributed by atoms with E-state index in [1.54, 1.807) is 25.1 Å². The third-order valence-electron chi connectivity index (χ3n) is 2.74. The zero-order chi connectivity index (χ0) is 15.6. The second-order valence-electron chi connectivity index (χ2n) is 4.27. The van der Waals surface area contributed by atoms with E-state index in [1.807, 2.05) is 12.1 Å². The van der Waals surface area contributed by atoms with Gasteiger partial charge in [-0.2, -0.15) is 0 Å². The molecule has 1 aromatic heterocycles. The smallest absolute Gasteiger partial charge is 0.270 e. The van der Waals surface area contributed by atoms with Crippen molar-refractivity contribution < 1.29 is 13.2 Å². The summed E-state index contributed by atoms with van der Waals surface area (Å²) < 4.78 is 23.4. The number of carbonyl (C=O) groups is 1. The lowest BCUT2D eigenvalue weighted by Crippen LogP contribution is -2.26. The molecule has 0 fully saturated rings. The zero-order valence-electron chi connectivity index (χ0n) is 10.8. The van der Waals surface area contributed by atoms with E-state index in [2.05, 4.69) is 27.9 Å². The Balaban J connectivity index is 2.15. The van der Waals surface area contributed by atoms with E-state index in [0.717, 1.165) is 19.8 Å². The maximum atomic E-state index is 12.2. The quantitative estimate of drug-likeness (QED) is 0.564. The van der Waals surface area contributed by atoms with Gasteiger partial charge in [-0.15, -0.1) is 11.3 Å². The van der Waals surface area contributed by atoms with Crippen LogP contribution in [0, 0.1) is 3.57 Å². The maximum absolute atomic E-state index is 12.2. The van der Waals surface area contributed by atoms with Crippen LogP contribution >= 0.6 is 44.6 Å². The molecule has 1 aromatic carbocycles. The Morgan fingerprint density at radius 1 is 1.29 bits per heavy atom. The van der Waals surface area contributed by atoms with E-state index in [1.165, 1.54) is 6.07 Å². The number of nitrogens with one attached hydrogen (secondary N) is 1. The average Bonchev–Trinajstić information content (AvgIpc) is 2.88. The fourth-order valence-electron chi connectivity index (χ4n) is 1.69. The van der Waals surface area contributed by atoms with Gasteiger partial charge in [0.05, 0.1) is 11.6 Å². The van der Waals surface area contributed by atoms with Gasteiger partial charge in [0.15, 0.2) is 0 Å². The summed E-state index contributed by atoms with van der Waals surface area (Å²) >= 11 is 3.15. The highest BCUT2D eigenvalue weighted by molar-refractivity contribution is 14.1. The highest BCUT2D eigenvalue weighted by Gasteiger charge is 2.18. The first-order valence-electron chi connectivity index (χ1n) is 5.89. The Hall–Kier alpha value is -0.640. The highest BCUT2D eigenvalue weighted by Crippen LogP contribution is 2.29. The number of rotatable bonds is 4. The Morgan fingerprint density at radius 3 is 2.52 bits per heavy atom. The van der Waals surface area contributed by atoms with Crippen molar-refractivity contribution in [3.8, 4) is 0 Å². The molecule has 1 heterocycles. The van der Waals surface area contributed by atoms with Crippen LogP contribution in [-0.4, -0.2) is 14.3 Å². The predicted octanol–water partition coefficient (Wildman–Crippen LogP) is 3.77. The monoisotopic (exact) mass is 455 g/mol. The number of hydrogen-bond donors (Lipinski definition) is 1. The summed E-state index contributed by atoms with van der Waals surface area (Å²) in [7, 11) is 1.57. The number of amides is 1. The Bertz CT molecular complexity index is 773. The van der Waals surface area contributed by atoms with Gasteiger partial charge in [0.1, 0.15) is 4.21 Å². The van der Waals surface area contributed by atoms with E-state index in [9.17, 15) is 13.2 Å². The van der Waals surface area contributed by atoms with Crippen LogP contribution < -0.4 is 5.32 Å². The molecule has 1 N–H and O–H groups in total. The van der Waals surface area contributed by atoms with Crippen molar-refractivity contribution in [1.82, 2.24) is 5.32 Å². The topological polar surface area (TPSA) is 63.2 Å². The van der Waals surface area contributed by atoms with Gasteiger partial charge in [0.25, 0.3) is 15.0 Å². The van der Waals surface area contributed by atoms with Crippen LogP contribution in [0.1, 0.15) is 28.2 Å². The number of hydrogen-bond acceptors (Lipinski definition) is 4. The number of carbonyl (C=O) groups excluding carboxylic acids is 1. The zero-order valence-corrected chi connectivity index (χ0v) is 15.4. The van der Waals surface area contributed by atoms with Crippen molar-refractivity contribution in [2.75, 3.05) is 0 Å². The lowest BCUT2D eigenvalue weighted by Gasteiger charge is -2.13. The minimum atomic E-state index is -3.73. The summed E-state index contributed by atoms with van der Waals surface area (Å²) in [6, 6.07) is 10.0. The Morgan fingerprint density at radius 2 is 1.95 bits per heavy atom. The van der Waals surface area contributed by atoms with Crippen molar-refractivity contribution in [3.63, 3.8) is 0 Å². The van der Waals surface area contributed by atoms with E-state index < -0.39 is 9.05 Å². The van der Waals surface area contributed by atoms with E-state index in [4.69, 9.17) is 10.7 Å².